The van der Waals surface area contributed by atoms with Crippen LogP contribution in [0.4, 0.5) is 15.8 Å². The summed E-state index contributed by atoms with van der Waals surface area (Å²) in [7, 11) is 0. The molecule has 1 rings (SSSR count). The summed E-state index contributed by atoms with van der Waals surface area (Å²) in [5.74, 6) is -0.0992. The Kier molecular flexibility index (Phi) is 5.42. The van der Waals surface area contributed by atoms with Crippen LogP contribution >= 0.6 is 0 Å². The van der Waals surface area contributed by atoms with Gasteiger partial charge >= 0.3 is 0 Å². The number of nitrogen functional groups attached to an aromatic ring is 1. The highest BCUT2D eigenvalue weighted by Gasteiger charge is 2.16. The van der Waals surface area contributed by atoms with E-state index in [9.17, 15) is 9.50 Å². The van der Waals surface area contributed by atoms with Crippen LogP contribution in [0.5, 0.6) is 5.75 Å². The first-order valence-electron chi connectivity index (χ1n) is 6.48. The molecule has 4 nitrogen and oxygen atoms in total. The van der Waals surface area contributed by atoms with E-state index in [1.54, 1.807) is 0 Å². The number of benzene rings is 1. The van der Waals surface area contributed by atoms with E-state index < -0.39 is 5.82 Å². The molecule has 0 saturated carbocycles. The number of halogens is 1. The molecule has 0 aromatic heterocycles. The molecule has 0 fully saturated rings. The standard InChI is InChI=1S/C14H23FN2O2/c1-8(2)13(7-18)17-12-6-14(19-9(3)4)10(15)5-11(12)16/h5-6,8-9,13,17-18H,7,16H2,1-4H3. The van der Waals surface area contributed by atoms with Gasteiger partial charge in [-0.1, -0.05) is 13.8 Å². The number of nitrogens with two attached hydrogens (primary N) is 1. The van der Waals surface area contributed by atoms with Crippen LogP contribution in [0.15, 0.2) is 12.1 Å². The van der Waals surface area contributed by atoms with Gasteiger partial charge in [0.25, 0.3) is 0 Å². The third-order valence-corrected chi connectivity index (χ3v) is 2.81. The monoisotopic (exact) mass is 270 g/mol. The third-order valence-electron chi connectivity index (χ3n) is 2.81. The van der Waals surface area contributed by atoms with Gasteiger partial charge in [0.1, 0.15) is 0 Å². The molecule has 0 radical (unpaired) electrons. The Bertz CT molecular complexity index is 422. The molecule has 0 spiro atoms. The maximum atomic E-state index is 13.7. The summed E-state index contributed by atoms with van der Waals surface area (Å²) in [6, 6.07) is 2.63. The van der Waals surface area contributed by atoms with Gasteiger partial charge in [-0.3, -0.25) is 0 Å². The Hall–Kier alpha value is -1.49. The number of hydrogen-bond donors (Lipinski definition) is 3. The molecule has 0 bridgehead atoms. The van der Waals surface area contributed by atoms with E-state index in [0.29, 0.717) is 11.4 Å². The summed E-state index contributed by atoms with van der Waals surface area (Å²) >= 11 is 0. The van der Waals surface area contributed by atoms with Crippen LogP contribution in [0.25, 0.3) is 0 Å². The van der Waals surface area contributed by atoms with E-state index in [1.165, 1.54) is 12.1 Å². The van der Waals surface area contributed by atoms with Gasteiger partial charge in [-0.15, -0.1) is 0 Å². The minimum atomic E-state index is -0.484. The smallest absolute Gasteiger partial charge is 0.167 e. The average Bonchev–Trinajstić information content (AvgIpc) is 2.30. The van der Waals surface area contributed by atoms with Crippen LogP contribution in [-0.4, -0.2) is 23.9 Å². The van der Waals surface area contributed by atoms with Crippen molar-refractivity contribution in [2.75, 3.05) is 17.7 Å². The van der Waals surface area contributed by atoms with E-state index in [-0.39, 0.29) is 30.4 Å². The summed E-state index contributed by atoms with van der Waals surface area (Å²) < 4.78 is 19.1. The lowest BCUT2D eigenvalue weighted by atomic mass is 10.0. The lowest BCUT2D eigenvalue weighted by Crippen LogP contribution is -2.29. The van der Waals surface area contributed by atoms with E-state index >= 15 is 0 Å². The average molecular weight is 270 g/mol. The topological polar surface area (TPSA) is 67.5 Å². The Morgan fingerprint density at radius 2 is 1.95 bits per heavy atom. The third kappa shape index (κ3) is 4.28. The zero-order valence-corrected chi connectivity index (χ0v) is 11.9. The number of hydrogen-bond acceptors (Lipinski definition) is 4. The van der Waals surface area contributed by atoms with Gasteiger partial charge < -0.3 is 20.9 Å². The van der Waals surface area contributed by atoms with Crippen molar-refractivity contribution in [2.24, 2.45) is 5.92 Å². The fourth-order valence-electron chi connectivity index (χ4n) is 1.66. The van der Waals surface area contributed by atoms with Crippen LogP contribution in [-0.2, 0) is 0 Å². The van der Waals surface area contributed by atoms with Crippen LogP contribution in [0.1, 0.15) is 27.7 Å². The Morgan fingerprint density at radius 3 is 2.42 bits per heavy atom. The van der Waals surface area contributed by atoms with E-state index in [0.717, 1.165) is 0 Å². The normalized spacial score (nSPS) is 12.8. The molecule has 1 unspecified atom stereocenters. The largest absolute Gasteiger partial charge is 0.488 e. The molecule has 0 aliphatic carbocycles. The molecule has 5 heteroatoms. The molecule has 1 atom stereocenters. The van der Waals surface area contributed by atoms with Gasteiger partial charge in [-0.2, -0.15) is 0 Å². The zero-order chi connectivity index (χ0) is 14.6. The van der Waals surface area contributed by atoms with Crippen molar-refractivity contribution in [3.05, 3.63) is 17.9 Å². The van der Waals surface area contributed by atoms with Crippen molar-refractivity contribution in [2.45, 2.75) is 39.8 Å². The molecule has 0 aliphatic rings. The van der Waals surface area contributed by atoms with Crippen LogP contribution in [0.2, 0.25) is 0 Å². The molecule has 1 aromatic rings. The Labute approximate surface area is 113 Å². The number of anilines is 2. The fraction of sp³-hybridized carbons (Fsp3) is 0.571. The van der Waals surface area contributed by atoms with E-state index in [4.69, 9.17) is 10.5 Å². The quantitative estimate of drug-likeness (QED) is 0.695. The molecular formula is C14H23FN2O2. The van der Waals surface area contributed by atoms with Crippen molar-refractivity contribution >= 4 is 11.4 Å². The molecule has 0 heterocycles. The SMILES string of the molecule is CC(C)Oc1cc(NC(CO)C(C)C)c(N)cc1F. The van der Waals surface area contributed by atoms with Gasteiger partial charge in [0.15, 0.2) is 11.6 Å². The van der Waals surface area contributed by atoms with Gasteiger partial charge in [0.05, 0.1) is 30.1 Å². The Morgan fingerprint density at radius 1 is 1.32 bits per heavy atom. The van der Waals surface area contributed by atoms with Gasteiger partial charge in [-0.25, -0.2) is 4.39 Å². The van der Waals surface area contributed by atoms with Crippen LogP contribution < -0.4 is 15.8 Å². The minimum Gasteiger partial charge on any atom is -0.488 e. The predicted molar refractivity (Wildman–Crippen MR) is 75.9 cm³/mol. The first kappa shape index (κ1) is 15.6. The number of aliphatic hydroxyl groups is 1. The lowest BCUT2D eigenvalue weighted by Gasteiger charge is -2.23. The predicted octanol–water partition coefficient (Wildman–Crippen LogP) is 2.62. The highest BCUT2D eigenvalue weighted by atomic mass is 19.1. The molecule has 19 heavy (non-hydrogen) atoms. The summed E-state index contributed by atoms with van der Waals surface area (Å²) in [6.45, 7) is 7.61. The molecule has 1 aromatic carbocycles. The summed E-state index contributed by atoms with van der Waals surface area (Å²) in [6.07, 6.45) is -0.121. The van der Waals surface area contributed by atoms with Crippen molar-refractivity contribution in [1.29, 1.82) is 0 Å². The van der Waals surface area contributed by atoms with Crippen molar-refractivity contribution < 1.29 is 14.2 Å². The first-order valence-corrected chi connectivity index (χ1v) is 6.48. The van der Waals surface area contributed by atoms with Gasteiger partial charge in [0.2, 0.25) is 0 Å². The van der Waals surface area contributed by atoms with Crippen molar-refractivity contribution in [3.63, 3.8) is 0 Å². The maximum absolute atomic E-state index is 13.7. The van der Waals surface area contributed by atoms with Gasteiger partial charge in [-0.05, 0) is 19.8 Å². The molecule has 0 aliphatic heterocycles. The van der Waals surface area contributed by atoms with E-state index in [2.05, 4.69) is 5.32 Å². The second-order valence-corrected chi connectivity index (χ2v) is 5.21. The summed E-state index contributed by atoms with van der Waals surface area (Å²) in [5, 5.41) is 12.4. The van der Waals surface area contributed by atoms with E-state index in [1.807, 2.05) is 27.7 Å². The highest BCUT2D eigenvalue weighted by molar-refractivity contribution is 5.69. The minimum absolute atomic E-state index is 0.0190. The fourth-order valence-corrected chi connectivity index (χ4v) is 1.66. The van der Waals surface area contributed by atoms with Crippen LogP contribution in [0.3, 0.4) is 0 Å². The molecule has 0 saturated heterocycles. The Balaban J connectivity index is 3.00. The number of nitrogens with one attached hydrogen (secondary N) is 1. The highest BCUT2D eigenvalue weighted by Crippen LogP contribution is 2.30. The van der Waals surface area contributed by atoms with Crippen molar-refractivity contribution in [1.82, 2.24) is 0 Å². The maximum Gasteiger partial charge on any atom is 0.167 e. The lowest BCUT2D eigenvalue weighted by molar-refractivity contribution is 0.231. The first-order chi connectivity index (χ1) is 8.85. The number of aliphatic hydroxyl groups excluding tert-OH is 1. The summed E-state index contributed by atoms with van der Waals surface area (Å²) in [4.78, 5) is 0. The number of ether oxygens (including phenoxy) is 1. The molecular weight excluding hydrogens is 247 g/mol. The second kappa shape index (κ2) is 6.61. The molecule has 108 valence electrons. The van der Waals surface area contributed by atoms with Crippen molar-refractivity contribution in [3.8, 4) is 5.75 Å². The molecule has 0 amide bonds. The van der Waals surface area contributed by atoms with Crippen LogP contribution in [0, 0.1) is 11.7 Å². The number of rotatable bonds is 6. The summed E-state index contributed by atoms with van der Waals surface area (Å²) in [5.41, 5.74) is 6.66. The van der Waals surface area contributed by atoms with Gasteiger partial charge in [0, 0.05) is 12.1 Å². The second-order valence-electron chi connectivity index (χ2n) is 5.21. The zero-order valence-electron chi connectivity index (χ0n) is 11.9. The molecule has 4 N–H and O–H groups in total.